The van der Waals surface area contributed by atoms with Crippen molar-refractivity contribution < 1.29 is 13.2 Å². The van der Waals surface area contributed by atoms with Crippen molar-refractivity contribution in [3.8, 4) is 11.8 Å². The van der Waals surface area contributed by atoms with E-state index in [1.165, 1.54) is 12.4 Å². The summed E-state index contributed by atoms with van der Waals surface area (Å²) in [5.41, 5.74) is 7.95. The van der Waals surface area contributed by atoms with Crippen LogP contribution < -0.4 is 15.4 Å². The molecule has 40 heavy (non-hydrogen) atoms. The zero-order valence-corrected chi connectivity index (χ0v) is 23.1. The molecule has 0 radical (unpaired) electrons. The van der Waals surface area contributed by atoms with E-state index in [1.807, 2.05) is 37.2 Å². The molecule has 1 fully saturated rings. The molecule has 3 heterocycles. The number of anilines is 2. The molecule has 1 aliphatic heterocycles. The molecular weight excluding hydrogens is 528 g/mol. The van der Waals surface area contributed by atoms with E-state index in [0.29, 0.717) is 35.2 Å². The van der Waals surface area contributed by atoms with E-state index < -0.39 is 10.0 Å². The van der Waals surface area contributed by atoms with E-state index in [2.05, 4.69) is 38.2 Å². The fourth-order valence-electron chi connectivity index (χ4n) is 5.05. The molecule has 12 heteroatoms. The number of hydrogen-bond donors (Lipinski definition) is 2. The Morgan fingerprint density at radius 1 is 1.23 bits per heavy atom. The highest BCUT2D eigenvalue weighted by Crippen LogP contribution is 2.30. The molecule has 1 aliphatic rings. The van der Waals surface area contributed by atoms with Gasteiger partial charge in [0.25, 0.3) is 0 Å². The first kappa shape index (κ1) is 27.1. The maximum atomic E-state index is 13.2. The molecule has 3 N–H and O–H groups in total. The van der Waals surface area contributed by atoms with Gasteiger partial charge in [-0.3, -0.25) is 4.79 Å². The summed E-state index contributed by atoms with van der Waals surface area (Å²) in [5.74, 6) is 5.90. The van der Waals surface area contributed by atoms with Crippen molar-refractivity contribution in [2.75, 3.05) is 44.4 Å². The van der Waals surface area contributed by atoms with Gasteiger partial charge >= 0.3 is 0 Å². The van der Waals surface area contributed by atoms with Crippen LogP contribution in [-0.4, -0.2) is 72.7 Å². The molecule has 11 nitrogen and oxygen atoms in total. The highest BCUT2D eigenvalue weighted by Gasteiger charge is 2.27. The molecule has 0 bridgehead atoms. The number of benzene rings is 2. The lowest BCUT2D eigenvalue weighted by atomic mass is 10.1. The second-order valence-electron chi connectivity index (χ2n) is 9.68. The molecule has 1 saturated heterocycles. The van der Waals surface area contributed by atoms with E-state index in [9.17, 15) is 13.2 Å². The number of fused-ring (bicyclic) bond motifs is 2. The van der Waals surface area contributed by atoms with Crippen LogP contribution in [0.5, 0.6) is 0 Å². The van der Waals surface area contributed by atoms with Crippen molar-refractivity contribution in [1.29, 1.82) is 0 Å². The molecule has 4 aromatic rings. The van der Waals surface area contributed by atoms with Crippen molar-refractivity contribution in [3.63, 3.8) is 0 Å². The number of rotatable bonds is 6. The molecule has 2 aromatic carbocycles. The molecule has 5 rings (SSSR count). The fourth-order valence-corrected chi connectivity index (χ4v) is 6.19. The van der Waals surface area contributed by atoms with Crippen molar-refractivity contribution in [3.05, 3.63) is 61.1 Å². The van der Waals surface area contributed by atoms with Gasteiger partial charge in [0.2, 0.25) is 15.9 Å². The van der Waals surface area contributed by atoms with E-state index in [0.717, 1.165) is 23.9 Å². The number of hydrogen-bond acceptors (Lipinski definition) is 8. The van der Waals surface area contributed by atoms with Crippen LogP contribution in [0, 0.1) is 11.8 Å². The minimum Gasteiger partial charge on any atom is -0.383 e. The Balaban J connectivity index is 1.41. The maximum Gasteiger partial charge on any atom is 0.246 e. The molecule has 1 atom stereocenters. The van der Waals surface area contributed by atoms with Crippen LogP contribution in [0.1, 0.15) is 24.6 Å². The number of nitrogens with two attached hydrogens (primary N) is 1. The number of nitrogens with zero attached hydrogens (tertiary/aromatic N) is 6. The lowest BCUT2D eigenvalue weighted by Crippen LogP contribution is -2.40. The summed E-state index contributed by atoms with van der Waals surface area (Å²) in [4.78, 5) is 24.5. The minimum absolute atomic E-state index is 0.123. The largest absolute Gasteiger partial charge is 0.383 e. The number of carbonyl (C=O) groups is 1. The Hall–Kier alpha value is -4.47. The quantitative estimate of drug-likeness (QED) is 0.272. The predicted molar refractivity (Wildman–Crippen MR) is 155 cm³/mol. The Morgan fingerprint density at radius 2 is 2.00 bits per heavy atom. The third-order valence-electron chi connectivity index (χ3n) is 6.93. The summed E-state index contributed by atoms with van der Waals surface area (Å²) < 4.78 is 30.8. The van der Waals surface area contributed by atoms with Gasteiger partial charge in [-0.05, 0) is 37.0 Å². The van der Waals surface area contributed by atoms with Gasteiger partial charge in [-0.1, -0.05) is 36.8 Å². The van der Waals surface area contributed by atoms with Gasteiger partial charge < -0.3 is 15.5 Å². The van der Waals surface area contributed by atoms with Gasteiger partial charge in [0, 0.05) is 43.6 Å². The van der Waals surface area contributed by atoms with Crippen LogP contribution in [0.2, 0.25) is 0 Å². The molecule has 0 spiro atoms. The molecule has 2 aromatic heterocycles. The van der Waals surface area contributed by atoms with Gasteiger partial charge in [-0.2, -0.15) is 9.82 Å². The second kappa shape index (κ2) is 11.0. The predicted octanol–water partition coefficient (Wildman–Crippen LogP) is 2.31. The Morgan fingerprint density at radius 3 is 2.77 bits per heavy atom. The molecule has 206 valence electrons. The molecule has 1 amide bonds. The van der Waals surface area contributed by atoms with Gasteiger partial charge in [-0.25, -0.2) is 23.1 Å². The number of likely N-dealkylation sites (tertiary alicyclic amines) is 1. The number of sulfonamides is 1. The third-order valence-corrected chi connectivity index (χ3v) is 8.39. The van der Waals surface area contributed by atoms with Crippen LogP contribution in [0.15, 0.2) is 60.3 Å². The SMILES string of the molecule is C=CC(=O)N1CCCC(n2nc(C#CCNS(=O)(=O)c3cccc4c(N(C)C)cccc34)c3c(N)ncnc32)C1. The summed E-state index contributed by atoms with van der Waals surface area (Å²) in [6.07, 6.45) is 4.28. The zero-order chi connectivity index (χ0) is 28.4. The van der Waals surface area contributed by atoms with Crippen LogP contribution >= 0.6 is 0 Å². The van der Waals surface area contributed by atoms with Gasteiger partial charge in [0.05, 0.1) is 22.9 Å². The normalized spacial score (nSPS) is 15.6. The number of amides is 1. The van der Waals surface area contributed by atoms with Crippen molar-refractivity contribution in [2.24, 2.45) is 0 Å². The van der Waals surface area contributed by atoms with Crippen LogP contribution in [0.3, 0.4) is 0 Å². The van der Waals surface area contributed by atoms with Crippen molar-refractivity contribution >= 4 is 49.2 Å². The first-order valence-corrected chi connectivity index (χ1v) is 14.3. The smallest absolute Gasteiger partial charge is 0.246 e. The maximum absolute atomic E-state index is 13.2. The van der Waals surface area contributed by atoms with E-state index in [1.54, 1.807) is 27.8 Å². The minimum atomic E-state index is -3.85. The number of nitrogens with one attached hydrogen (secondary N) is 1. The zero-order valence-electron chi connectivity index (χ0n) is 22.3. The molecule has 1 unspecified atom stereocenters. The Bertz CT molecular complexity index is 1790. The summed E-state index contributed by atoms with van der Waals surface area (Å²) in [6.45, 7) is 4.55. The van der Waals surface area contributed by atoms with E-state index in [4.69, 9.17) is 5.73 Å². The lowest BCUT2D eigenvalue weighted by molar-refractivity contribution is -0.127. The topological polar surface area (TPSA) is 139 Å². The summed E-state index contributed by atoms with van der Waals surface area (Å²) in [6, 6.07) is 10.7. The number of piperidine rings is 1. The molecular formula is C28H30N8O3S. The van der Waals surface area contributed by atoms with Crippen molar-refractivity contribution in [1.82, 2.24) is 29.4 Å². The lowest BCUT2D eigenvalue weighted by Gasteiger charge is -2.32. The average Bonchev–Trinajstić information content (AvgIpc) is 3.34. The van der Waals surface area contributed by atoms with Crippen LogP contribution in [0.25, 0.3) is 21.8 Å². The number of nitrogen functional groups attached to an aromatic ring is 1. The highest BCUT2D eigenvalue weighted by molar-refractivity contribution is 7.89. The summed E-state index contributed by atoms with van der Waals surface area (Å²) in [7, 11) is -0.0260. The fraction of sp³-hybridized carbons (Fsp3) is 0.286. The second-order valence-corrected chi connectivity index (χ2v) is 11.4. The summed E-state index contributed by atoms with van der Waals surface area (Å²) >= 11 is 0. The van der Waals surface area contributed by atoms with E-state index >= 15 is 0 Å². The van der Waals surface area contributed by atoms with Crippen LogP contribution in [-0.2, 0) is 14.8 Å². The standard InChI is InChI=1S/C28H30N8O3S/c1-4-25(37)35-16-8-9-19(17-35)36-28-26(27(29)30-18-31-28)22(33-36)12-7-15-32-40(38,39)24-14-6-10-20-21(24)11-5-13-23(20)34(2)3/h4-6,10-11,13-14,18-19,32H,1,8-9,15-17H2,2-3H3,(H2,29,30,31). The Labute approximate surface area is 232 Å². The van der Waals surface area contributed by atoms with Gasteiger partial charge in [0.1, 0.15) is 17.8 Å². The molecule has 0 saturated carbocycles. The highest BCUT2D eigenvalue weighted by atomic mass is 32.2. The number of aromatic nitrogens is 4. The molecule has 0 aliphatic carbocycles. The third kappa shape index (κ3) is 5.09. The Kier molecular flexibility index (Phi) is 7.42. The van der Waals surface area contributed by atoms with E-state index in [-0.39, 0.29) is 29.2 Å². The van der Waals surface area contributed by atoms with Crippen LogP contribution in [0.4, 0.5) is 11.5 Å². The first-order chi connectivity index (χ1) is 19.2. The number of carbonyl (C=O) groups excluding carboxylic acids is 1. The van der Waals surface area contributed by atoms with Gasteiger partial charge in [-0.15, -0.1) is 0 Å². The summed E-state index contributed by atoms with van der Waals surface area (Å²) in [5, 5.41) is 6.63. The first-order valence-electron chi connectivity index (χ1n) is 12.8. The van der Waals surface area contributed by atoms with Crippen molar-refractivity contribution in [2.45, 2.75) is 23.8 Å². The monoisotopic (exact) mass is 558 g/mol. The average molecular weight is 559 g/mol. The van der Waals surface area contributed by atoms with Gasteiger partial charge in [0.15, 0.2) is 5.65 Å².